The Bertz CT molecular complexity index is 654. The summed E-state index contributed by atoms with van der Waals surface area (Å²) in [6.07, 6.45) is 1.59. The molecule has 21 heavy (non-hydrogen) atoms. The summed E-state index contributed by atoms with van der Waals surface area (Å²) in [6, 6.07) is 10.3. The van der Waals surface area contributed by atoms with Gasteiger partial charge in [-0.15, -0.1) is 0 Å². The Labute approximate surface area is 130 Å². The van der Waals surface area contributed by atoms with Gasteiger partial charge >= 0.3 is 0 Å². The van der Waals surface area contributed by atoms with E-state index in [9.17, 15) is 9.59 Å². The number of rotatable bonds is 4. The molecule has 108 valence electrons. The van der Waals surface area contributed by atoms with E-state index in [1.165, 1.54) is 0 Å². The highest BCUT2D eigenvalue weighted by Crippen LogP contribution is 2.11. The van der Waals surface area contributed by atoms with Crippen LogP contribution in [0.4, 0.5) is 0 Å². The fourth-order valence-corrected chi connectivity index (χ4v) is 2.05. The zero-order chi connectivity index (χ0) is 15.4. The molecule has 0 unspecified atom stereocenters. The monoisotopic (exact) mass is 347 g/mol. The minimum absolute atomic E-state index is 0.165. The Morgan fingerprint density at radius 3 is 2.38 bits per heavy atom. The SMILES string of the molecule is CN(Cc1ccc(C(N)=O)cc1)C(=O)c1ccc(Br)cn1. The van der Waals surface area contributed by atoms with Crippen LogP contribution >= 0.6 is 15.9 Å². The van der Waals surface area contributed by atoms with Crippen molar-refractivity contribution < 1.29 is 9.59 Å². The average Bonchev–Trinajstić information content (AvgIpc) is 2.47. The molecule has 6 heteroatoms. The highest BCUT2D eigenvalue weighted by molar-refractivity contribution is 9.10. The lowest BCUT2D eigenvalue weighted by molar-refractivity contribution is 0.0779. The summed E-state index contributed by atoms with van der Waals surface area (Å²) in [4.78, 5) is 28.9. The predicted molar refractivity (Wildman–Crippen MR) is 82.7 cm³/mol. The number of primary amides is 1. The molecule has 0 saturated carbocycles. The molecule has 2 rings (SSSR count). The third-order valence-corrected chi connectivity index (χ3v) is 3.42. The highest BCUT2D eigenvalue weighted by atomic mass is 79.9. The predicted octanol–water partition coefficient (Wildman–Crippen LogP) is 2.22. The van der Waals surface area contributed by atoms with Gasteiger partial charge < -0.3 is 10.6 Å². The minimum atomic E-state index is -0.468. The van der Waals surface area contributed by atoms with Gasteiger partial charge in [0, 0.05) is 29.8 Å². The van der Waals surface area contributed by atoms with Crippen molar-refractivity contribution in [2.45, 2.75) is 6.54 Å². The number of halogens is 1. The first-order valence-electron chi connectivity index (χ1n) is 6.23. The van der Waals surface area contributed by atoms with Crippen LogP contribution in [0.5, 0.6) is 0 Å². The largest absolute Gasteiger partial charge is 0.366 e. The van der Waals surface area contributed by atoms with E-state index in [4.69, 9.17) is 5.73 Å². The number of hydrogen-bond donors (Lipinski definition) is 1. The molecule has 0 fully saturated rings. The van der Waals surface area contributed by atoms with Crippen molar-refractivity contribution in [2.24, 2.45) is 5.73 Å². The lowest BCUT2D eigenvalue weighted by Gasteiger charge is -2.17. The molecule has 2 N–H and O–H groups in total. The number of amides is 2. The fourth-order valence-electron chi connectivity index (χ4n) is 1.82. The highest BCUT2D eigenvalue weighted by Gasteiger charge is 2.13. The van der Waals surface area contributed by atoms with E-state index in [0.29, 0.717) is 17.8 Å². The molecule has 0 spiro atoms. The maximum absolute atomic E-state index is 12.2. The van der Waals surface area contributed by atoms with Crippen molar-refractivity contribution in [1.82, 2.24) is 9.88 Å². The summed E-state index contributed by atoms with van der Waals surface area (Å²) < 4.78 is 0.823. The summed E-state index contributed by atoms with van der Waals surface area (Å²) >= 11 is 3.28. The van der Waals surface area contributed by atoms with Crippen molar-refractivity contribution in [3.63, 3.8) is 0 Å². The number of pyridine rings is 1. The van der Waals surface area contributed by atoms with E-state index in [1.807, 2.05) is 0 Å². The topological polar surface area (TPSA) is 76.3 Å². The number of nitrogens with two attached hydrogens (primary N) is 1. The van der Waals surface area contributed by atoms with Gasteiger partial charge in [-0.2, -0.15) is 0 Å². The van der Waals surface area contributed by atoms with Gasteiger partial charge in [-0.3, -0.25) is 9.59 Å². The molecule has 2 aromatic rings. The van der Waals surface area contributed by atoms with Crippen molar-refractivity contribution >= 4 is 27.7 Å². The summed E-state index contributed by atoms with van der Waals surface area (Å²) in [5.41, 5.74) is 6.93. The van der Waals surface area contributed by atoms with Gasteiger partial charge in [0.05, 0.1) is 0 Å². The summed E-state index contributed by atoms with van der Waals surface area (Å²) in [6.45, 7) is 0.426. The van der Waals surface area contributed by atoms with E-state index >= 15 is 0 Å². The maximum atomic E-state index is 12.2. The van der Waals surface area contributed by atoms with Crippen LogP contribution in [0.3, 0.4) is 0 Å². The number of nitrogens with zero attached hydrogens (tertiary/aromatic N) is 2. The van der Waals surface area contributed by atoms with E-state index < -0.39 is 5.91 Å². The summed E-state index contributed by atoms with van der Waals surface area (Å²) in [5.74, 6) is -0.633. The van der Waals surface area contributed by atoms with Crippen LogP contribution in [0.1, 0.15) is 26.4 Å². The summed E-state index contributed by atoms with van der Waals surface area (Å²) in [7, 11) is 1.70. The fraction of sp³-hybridized carbons (Fsp3) is 0.133. The first kappa shape index (κ1) is 15.2. The van der Waals surface area contributed by atoms with Crippen molar-refractivity contribution in [1.29, 1.82) is 0 Å². The van der Waals surface area contributed by atoms with Gasteiger partial charge in [0.25, 0.3) is 5.91 Å². The third kappa shape index (κ3) is 3.88. The Kier molecular flexibility index (Phi) is 4.70. The zero-order valence-electron chi connectivity index (χ0n) is 11.4. The Balaban J connectivity index is 2.06. The summed E-state index contributed by atoms with van der Waals surface area (Å²) in [5, 5.41) is 0. The Morgan fingerprint density at radius 1 is 1.19 bits per heavy atom. The maximum Gasteiger partial charge on any atom is 0.272 e. The molecule has 0 aliphatic heterocycles. The van der Waals surface area contributed by atoms with Crippen molar-refractivity contribution in [2.75, 3.05) is 7.05 Å². The molecule has 0 radical (unpaired) electrons. The van der Waals surface area contributed by atoms with E-state index in [1.54, 1.807) is 54.5 Å². The second-order valence-corrected chi connectivity index (χ2v) is 5.50. The van der Waals surface area contributed by atoms with E-state index in [2.05, 4.69) is 20.9 Å². The third-order valence-electron chi connectivity index (χ3n) is 2.95. The molecule has 0 aliphatic carbocycles. The van der Waals surface area contributed by atoms with Gasteiger partial charge in [-0.1, -0.05) is 12.1 Å². The molecule has 0 atom stereocenters. The molecule has 1 aromatic heterocycles. The zero-order valence-corrected chi connectivity index (χ0v) is 13.0. The molecule has 2 amide bonds. The molecule has 1 heterocycles. The molecule has 5 nitrogen and oxygen atoms in total. The average molecular weight is 348 g/mol. The molecular formula is C15H14BrN3O2. The van der Waals surface area contributed by atoms with Crippen LogP contribution in [-0.2, 0) is 6.54 Å². The van der Waals surface area contributed by atoms with Crippen LogP contribution in [0.2, 0.25) is 0 Å². The number of benzene rings is 1. The van der Waals surface area contributed by atoms with Crippen molar-refractivity contribution in [3.8, 4) is 0 Å². The molecule has 0 saturated heterocycles. The standard InChI is InChI=1S/C15H14BrN3O2/c1-19(15(21)13-7-6-12(16)8-18-13)9-10-2-4-11(5-3-10)14(17)20/h2-8H,9H2,1H3,(H2,17,20). The van der Waals surface area contributed by atoms with E-state index in [-0.39, 0.29) is 5.91 Å². The molecular weight excluding hydrogens is 334 g/mol. The molecule has 1 aromatic carbocycles. The second kappa shape index (κ2) is 6.49. The van der Waals surface area contributed by atoms with Crippen LogP contribution in [-0.4, -0.2) is 28.7 Å². The van der Waals surface area contributed by atoms with Crippen LogP contribution in [0.15, 0.2) is 47.1 Å². The number of carbonyl (C=O) groups excluding carboxylic acids is 2. The van der Waals surface area contributed by atoms with Crippen LogP contribution < -0.4 is 5.73 Å². The van der Waals surface area contributed by atoms with Gasteiger partial charge in [0.2, 0.25) is 5.91 Å². The van der Waals surface area contributed by atoms with Crippen molar-refractivity contribution in [3.05, 3.63) is 63.9 Å². The van der Waals surface area contributed by atoms with Gasteiger partial charge in [-0.25, -0.2) is 4.98 Å². The van der Waals surface area contributed by atoms with Crippen LogP contribution in [0, 0.1) is 0 Å². The van der Waals surface area contributed by atoms with Gasteiger partial charge in [0.15, 0.2) is 0 Å². The second-order valence-electron chi connectivity index (χ2n) is 4.58. The normalized spacial score (nSPS) is 10.2. The number of carbonyl (C=O) groups is 2. The molecule has 0 aliphatic rings. The Hall–Kier alpha value is -2.21. The first-order valence-corrected chi connectivity index (χ1v) is 7.02. The van der Waals surface area contributed by atoms with E-state index in [0.717, 1.165) is 10.0 Å². The first-order chi connectivity index (χ1) is 9.97. The number of hydrogen-bond acceptors (Lipinski definition) is 3. The van der Waals surface area contributed by atoms with Gasteiger partial charge in [0.1, 0.15) is 5.69 Å². The lowest BCUT2D eigenvalue weighted by atomic mass is 10.1. The van der Waals surface area contributed by atoms with Gasteiger partial charge in [-0.05, 0) is 45.8 Å². The molecule has 0 bridgehead atoms. The number of aromatic nitrogens is 1. The van der Waals surface area contributed by atoms with Crippen LogP contribution in [0.25, 0.3) is 0 Å². The quantitative estimate of drug-likeness (QED) is 0.920. The lowest BCUT2D eigenvalue weighted by Crippen LogP contribution is -2.27. The minimum Gasteiger partial charge on any atom is -0.366 e. The smallest absolute Gasteiger partial charge is 0.272 e. The Morgan fingerprint density at radius 2 is 1.86 bits per heavy atom.